The minimum Gasteiger partial charge on any atom is -0.317 e. The van der Waals surface area contributed by atoms with Crippen LogP contribution < -0.4 is 10.0 Å². The van der Waals surface area contributed by atoms with Crippen molar-refractivity contribution in [1.29, 1.82) is 0 Å². The molecule has 0 saturated carbocycles. The Kier molecular flexibility index (Phi) is 6.23. The van der Waals surface area contributed by atoms with Crippen LogP contribution in [-0.4, -0.2) is 42.0 Å². The zero-order chi connectivity index (χ0) is 13.4. The van der Waals surface area contributed by atoms with Gasteiger partial charge in [-0.25, -0.2) is 13.1 Å². The van der Waals surface area contributed by atoms with Gasteiger partial charge in [-0.15, -0.1) is 10.2 Å². The topological polar surface area (TPSA) is 88.9 Å². The van der Waals surface area contributed by atoms with Crippen LogP contribution in [0.5, 0.6) is 0 Å². The molecule has 0 radical (unpaired) electrons. The van der Waals surface area contributed by atoms with E-state index in [1.807, 2.05) is 13.8 Å². The van der Waals surface area contributed by atoms with E-state index in [4.69, 9.17) is 0 Å². The first kappa shape index (κ1) is 15.1. The van der Waals surface area contributed by atoms with Gasteiger partial charge in [-0.1, -0.05) is 6.92 Å². The molecule has 0 aromatic carbocycles. The third-order valence-corrected chi connectivity index (χ3v) is 3.79. The molecule has 1 heterocycles. The second-order valence-electron chi connectivity index (χ2n) is 3.92. The molecular weight excluding hydrogens is 254 g/mol. The molecule has 0 aliphatic carbocycles. The summed E-state index contributed by atoms with van der Waals surface area (Å²) in [5.41, 5.74) is 0. The van der Waals surface area contributed by atoms with Crippen LogP contribution in [0.4, 0.5) is 0 Å². The molecule has 0 aliphatic rings. The van der Waals surface area contributed by atoms with Gasteiger partial charge in [0.1, 0.15) is 12.2 Å². The summed E-state index contributed by atoms with van der Waals surface area (Å²) in [6.07, 6.45) is 2.58. The van der Waals surface area contributed by atoms with Crippen LogP contribution in [0.1, 0.15) is 26.1 Å². The number of hydrogen-bond acceptors (Lipinski definition) is 5. The van der Waals surface area contributed by atoms with Crippen LogP contribution in [0.2, 0.25) is 0 Å². The summed E-state index contributed by atoms with van der Waals surface area (Å²) in [5.74, 6) is 0.704. The average molecular weight is 275 g/mol. The zero-order valence-corrected chi connectivity index (χ0v) is 11.7. The predicted octanol–water partition coefficient (Wildman–Crippen LogP) is -0.283. The number of rotatable bonds is 9. The van der Waals surface area contributed by atoms with Crippen molar-refractivity contribution in [3.8, 4) is 0 Å². The molecule has 0 bridgehead atoms. The van der Waals surface area contributed by atoms with E-state index >= 15 is 0 Å². The van der Waals surface area contributed by atoms with Crippen molar-refractivity contribution in [3.63, 3.8) is 0 Å². The Morgan fingerprint density at radius 2 is 2.11 bits per heavy atom. The number of aromatic nitrogens is 3. The number of nitrogens with zero attached hydrogens (tertiary/aromatic N) is 3. The highest BCUT2D eigenvalue weighted by atomic mass is 32.2. The Hall–Kier alpha value is -0.990. The van der Waals surface area contributed by atoms with Crippen LogP contribution >= 0.6 is 0 Å². The summed E-state index contributed by atoms with van der Waals surface area (Å²) in [4.78, 5) is 0. The van der Waals surface area contributed by atoms with E-state index in [-0.39, 0.29) is 12.3 Å². The molecule has 8 heteroatoms. The van der Waals surface area contributed by atoms with Crippen molar-refractivity contribution >= 4 is 10.0 Å². The smallest absolute Gasteiger partial charge is 0.213 e. The quantitative estimate of drug-likeness (QED) is 0.605. The van der Waals surface area contributed by atoms with Crippen molar-refractivity contribution < 1.29 is 8.42 Å². The first-order valence-electron chi connectivity index (χ1n) is 6.13. The number of sulfonamides is 1. The highest BCUT2D eigenvalue weighted by Crippen LogP contribution is 1.95. The molecule has 0 saturated heterocycles. The summed E-state index contributed by atoms with van der Waals surface area (Å²) in [7, 11) is -3.26. The van der Waals surface area contributed by atoms with Crippen LogP contribution in [0.25, 0.3) is 0 Å². The van der Waals surface area contributed by atoms with Crippen molar-refractivity contribution in [1.82, 2.24) is 24.8 Å². The maximum atomic E-state index is 11.7. The zero-order valence-electron chi connectivity index (χ0n) is 10.9. The number of hydrogen-bond donors (Lipinski definition) is 2. The maximum Gasteiger partial charge on any atom is 0.213 e. The lowest BCUT2D eigenvalue weighted by Gasteiger charge is -2.07. The third kappa shape index (κ3) is 5.11. The van der Waals surface area contributed by atoms with Gasteiger partial charge in [0.15, 0.2) is 0 Å². The molecule has 1 aromatic heterocycles. The summed E-state index contributed by atoms with van der Waals surface area (Å²) in [6, 6.07) is 0. The Labute approximate surface area is 108 Å². The van der Waals surface area contributed by atoms with Crippen molar-refractivity contribution in [2.45, 2.75) is 33.4 Å². The van der Waals surface area contributed by atoms with Crippen LogP contribution in [0.3, 0.4) is 0 Å². The summed E-state index contributed by atoms with van der Waals surface area (Å²) in [6.45, 7) is 6.20. The van der Waals surface area contributed by atoms with E-state index in [1.165, 1.54) is 0 Å². The molecule has 0 spiro atoms. The second-order valence-corrected chi connectivity index (χ2v) is 5.85. The Bertz CT molecular complexity index is 443. The molecule has 0 fully saturated rings. The standard InChI is InChI=1S/C10H21N5O2S/c1-3-5-11-6-7-18(16,17)13-8-10-14-12-9-15(10)4-2/h9,11,13H,3-8H2,1-2H3. The fourth-order valence-corrected chi connectivity index (χ4v) is 2.34. The fourth-order valence-electron chi connectivity index (χ4n) is 1.43. The van der Waals surface area contributed by atoms with Gasteiger partial charge in [-0.3, -0.25) is 0 Å². The molecule has 1 aromatic rings. The van der Waals surface area contributed by atoms with Gasteiger partial charge in [0.2, 0.25) is 10.0 Å². The fraction of sp³-hybridized carbons (Fsp3) is 0.800. The molecule has 7 nitrogen and oxygen atoms in total. The Morgan fingerprint density at radius 1 is 1.33 bits per heavy atom. The summed E-state index contributed by atoms with van der Waals surface area (Å²) < 4.78 is 27.7. The predicted molar refractivity (Wildman–Crippen MR) is 69.5 cm³/mol. The summed E-state index contributed by atoms with van der Waals surface area (Å²) in [5, 5.41) is 10.7. The largest absolute Gasteiger partial charge is 0.317 e. The van der Waals surface area contributed by atoms with Gasteiger partial charge in [0.25, 0.3) is 0 Å². The summed E-state index contributed by atoms with van der Waals surface area (Å²) >= 11 is 0. The number of nitrogens with one attached hydrogen (secondary N) is 2. The molecule has 0 unspecified atom stereocenters. The second kappa shape index (κ2) is 7.45. The van der Waals surface area contributed by atoms with Crippen LogP contribution in [0.15, 0.2) is 6.33 Å². The van der Waals surface area contributed by atoms with E-state index in [0.717, 1.165) is 19.5 Å². The van der Waals surface area contributed by atoms with Crippen molar-refractivity contribution in [2.75, 3.05) is 18.8 Å². The Balaban J connectivity index is 2.37. The molecule has 0 aliphatic heterocycles. The van der Waals surface area contributed by atoms with Crippen molar-refractivity contribution in [3.05, 3.63) is 12.2 Å². The minimum atomic E-state index is -3.26. The van der Waals surface area contributed by atoms with E-state index in [2.05, 4.69) is 20.2 Å². The van der Waals surface area contributed by atoms with Crippen molar-refractivity contribution in [2.24, 2.45) is 0 Å². The molecule has 1 rings (SSSR count). The molecule has 18 heavy (non-hydrogen) atoms. The van der Waals surface area contributed by atoms with E-state index in [9.17, 15) is 8.42 Å². The van der Waals surface area contributed by atoms with Gasteiger partial charge < -0.3 is 9.88 Å². The molecule has 104 valence electrons. The SMILES string of the molecule is CCCNCCS(=O)(=O)NCc1nncn1CC. The molecular formula is C10H21N5O2S. The molecule has 2 N–H and O–H groups in total. The van der Waals surface area contributed by atoms with Gasteiger partial charge in [0, 0.05) is 13.1 Å². The van der Waals surface area contributed by atoms with E-state index < -0.39 is 10.0 Å². The van der Waals surface area contributed by atoms with E-state index in [1.54, 1.807) is 10.9 Å². The highest BCUT2D eigenvalue weighted by Gasteiger charge is 2.11. The minimum absolute atomic E-state index is 0.0766. The molecule has 0 atom stereocenters. The monoisotopic (exact) mass is 275 g/mol. The number of aryl methyl sites for hydroxylation is 1. The average Bonchev–Trinajstić information content (AvgIpc) is 2.80. The van der Waals surface area contributed by atoms with Gasteiger partial charge in [0.05, 0.1) is 12.3 Å². The van der Waals surface area contributed by atoms with Crippen LogP contribution in [-0.2, 0) is 23.1 Å². The lowest BCUT2D eigenvalue weighted by Crippen LogP contribution is -2.32. The van der Waals surface area contributed by atoms with E-state index in [0.29, 0.717) is 12.4 Å². The first-order chi connectivity index (χ1) is 8.59. The highest BCUT2D eigenvalue weighted by molar-refractivity contribution is 7.89. The third-order valence-electron chi connectivity index (χ3n) is 2.46. The van der Waals surface area contributed by atoms with Gasteiger partial charge in [-0.2, -0.15) is 0 Å². The first-order valence-corrected chi connectivity index (χ1v) is 7.79. The molecule has 0 amide bonds. The lowest BCUT2D eigenvalue weighted by atomic mass is 10.5. The maximum absolute atomic E-state index is 11.7. The normalized spacial score (nSPS) is 11.9. The van der Waals surface area contributed by atoms with Crippen LogP contribution in [0, 0.1) is 0 Å². The van der Waals surface area contributed by atoms with Gasteiger partial charge in [-0.05, 0) is 19.9 Å². The Morgan fingerprint density at radius 3 is 2.78 bits per heavy atom. The lowest BCUT2D eigenvalue weighted by molar-refractivity contribution is 0.570. The van der Waals surface area contributed by atoms with Gasteiger partial charge >= 0.3 is 0 Å².